The highest BCUT2D eigenvalue weighted by Gasteiger charge is 2.31. The van der Waals surface area contributed by atoms with Crippen molar-refractivity contribution in [1.82, 2.24) is 9.80 Å². The normalized spacial score (nSPS) is 24.7. The van der Waals surface area contributed by atoms with Gasteiger partial charge in [0.15, 0.2) is 0 Å². The number of likely N-dealkylation sites (tertiary alicyclic amines) is 1. The van der Waals surface area contributed by atoms with Crippen LogP contribution >= 0.6 is 24.0 Å². The Morgan fingerprint density at radius 3 is 2.62 bits per heavy atom. The van der Waals surface area contributed by atoms with E-state index in [9.17, 15) is 4.79 Å². The molecule has 5 heteroatoms. The number of carbonyl (C=O) groups excluding carboxylic acids is 1. The topological polar surface area (TPSA) is 23.6 Å². The van der Waals surface area contributed by atoms with E-state index >= 15 is 0 Å². The third-order valence-corrected chi connectivity index (χ3v) is 4.25. The number of hydrogen-bond acceptors (Lipinski definition) is 4. The zero-order valence-electron chi connectivity index (χ0n) is 9.44. The molecule has 0 bridgehead atoms. The first-order valence-electron chi connectivity index (χ1n) is 5.72. The first-order valence-corrected chi connectivity index (χ1v) is 6.94. The summed E-state index contributed by atoms with van der Waals surface area (Å²) in [6.07, 6.45) is 5.75. The van der Waals surface area contributed by atoms with E-state index in [0.717, 1.165) is 18.0 Å². The summed E-state index contributed by atoms with van der Waals surface area (Å²) < 4.78 is 0.691. The van der Waals surface area contributed by atoms with Crippen LogP contribution in [0.5, 0.6) is 0 Å². The van der Waals surface area contributed by atoms with E-state index < -0.39 is 0 Å². The highest BCUT2D eigenvalue weighted by molar-refractivity contribution is 8.26. The number of thiocarbonyl (C=S) groups is 1. The van der Waals surface area contributed by atoms with Crippen LogP contribution in [0.1, 0.15) is 26.2 Å². The molecule has 0 unspecified atom stereocenters. The number of amides is 1. The molecule has 88 valence electrons. The van der Waals surface area contributed by atoms with Crippen molar-refractivity contribution in [2.75, 3.05) is 19.6 Å². The fourth-order valence-corrected chi connectivity index (χ4v) is 3.37. The maximum Gasteiger partial charge on any atom is 0.267 e. The van der Waals surface area contributed by atoms with Crippen molar-refractivity contribution < 1.29 is 4.79 Å². The van der Waals surface area contributed by atoms with Gasteiger partial charge >= 0.3 is 0 Å². The first-order chi connectivity index (χ1) is 7.72. The van der Waals surface area contributed by atoms with E-state index in [4.69, 9.17) is 12.2 Å². The minimum atomic E-state index is 0.0723. The van der Waals surface area contributed by atoms with E-state index in [1.165, 1.54) is 31.0 Å². The third kappa shape index (κ3) is 2.40. The van der Waals surface area contributed by atoms with Crippen LogP contribution in [0.3, 0.4) is 0 Å². The summed E-state index contributed by atoms with van der Waals surface area (Å²) in [6, 6.07) is 0. The lowest BCUT2D eigenvalue weighted by molar-refractivity contribution is -0.122. The lowest BCUT2D eigenvalue weighted by Gasteiger charge is -2.25. The summed E-state index contributed by atoms with van der Waals surface area (Å²) >= 11 is 6.60. The second-order valence-corrected chi connectivity index (χ2v) is 5.68. The zero-order chi connectivity index (χ0) is 11.5. The van der Waals surface area contributed by atoms with Crippen molar-refractivity contribution in [2.45, 2.75) is 26.2 Å². The second-order valence-electron chi connectivity index (χ2n) is 4.01. The van der Waals surface area contributed by atoms with Gasteiger partial charge < -0.3 is 4.90 Å². The number of carbonyl (C=O) groups is 1. The highest BCUT2D eigenvalue weighted by Crippen LogP contribution is 2.31. The largest absolute Gasteiger partial charge is 0.376 e. The van der Waals surface area contributed by atoms with E-state index in [1.54, 1.807) is 4.90 Å². The van der Waals surface area contributed by atoms with Crippen molar-refractivity contribution in [3.63, 3.8) is 0 Å². The number of piperidine rings is 1. The lowest BCUT2D eigenvalue weighted by atomic mass is 10.1. The molecule has 2 heterocycles. The number of rotatable bonds is 2. The molecular weight excluding hydrogens is 240 g/mol. The van der Waals surface area contributed by atoms with Crippen LogP contribution in [0.2, 0.25) is 0 Å². The smallest absolute Gasteiger partial charge is 0.267 e. The molecule has 2 fully saturated rings. The number of thioether (sulfide) groups is 1. The fraction of sp³-hybridized carbons (Fsp3) is 0.636. The van der Waals surface area contributed by atoms with Gasteiger partial charge in [0.25, 0.3) is 5.91 Å². The molecule has 0 saturated carbocycles. The Balaban J connectivity index is 2.07. The molecule has 2 rings (SSSR count). The highest BCUT2D eigenvalue weighted by atomic mass is 32.2. The summed E-state index contributed by atoms with van der Waals surface area (Å²) in [7, 11) is 0. The zero-order valence-corrected chi connectivity index (χ0v) is 11.1. The van der Waals surface area contributed by atoms with Gasteiger partial charge in [-0.2, -0.15) is 0 Å². The van der Waals surface area contributed by atoms with Crippen LogP contribution in [-0.4, -0.2) is 39.7 Å². The van der Waals surface area contributed by atoms with Crippen LogP contribution in [0.4, 0.5) is 0 Å². The molecule has 0 atom stereocenters. The minimum Gasteiger partial charge on any atom is -0.376 e. The predicted octanol–water partition coefficient (Wildman–Crippen LogP) is 2.19. The maximum atomic E-state index is 11.9. The van der Waals surface area contributed by atoms with Crippen LogP contribution in [0, 0.1) is 0 Å². The monoisotopic (exact) mass is 256 g/mol. The Morgan fingerprint density at radius 1 is 1.38 bits per heavy atom. The molecule has 16 heavy (non-hydrogen) atoms. The van der Waals surface area contributed by atoms with Gasteiger partial charge in [-0.3, -0.25) is 9.69 Å². The molecule has 0 aliphatic carbocycles. The summed E-state index contributed by atoms with van der Waals surface area (Å²) in [5.41, 5.74) is 0. The Kier molecular flexibility index (Phi) is 3.86. The van der Waals surface area contributed by atoms with Gasteiger partial charge in [0.2, 0.25) is 0 Å². The Hall–Kier alpha value is -0.550. The van der Waals surface area contributed by atoms with Crippen molar-refractivity contribution >= 4 is 34.2 Å². The SMILES string of the molecule is CCN1C(=O)/C(=C\N2CCCCC2)SC1=S. The average Bonchev–Trinajstić information content (AvgIpc) is 2.55. The first kappa shape index (κ1) is 11.9. The maximum absolute atomic E-state index is 11.9. The van der Waals surface area contributed by atoms with Gasteiger partial charge in [-0.15, -0.1) is 0 Å². The molecule has 3 nitrogen and oxygen atoms in total. The number of hydrogen-bond donors (Lipinski definition) is 0. The molecule has 0 aromatic rings. The van der Waals surface area contributed by atoms with Gasteiger partial charge in [-0.25, -0.2) is 0 Å². The van der Waals surface area contributed by atoms with Crippen LogP contribution in [-0.2, 0) is 4.79 Å². The molecule has 2 aliphatic heterocycles. The second kappa shape index (κ2) is 5.19. The van der Waals surface area contributed by atoms with Gasteiger partial charge in [0, 0.05) is 25.8 Å². The molecular formula is C11H16N2OS2. The number of likely N-dealkylation sites (N-methyl/N-ethyl adjacent to an activating group) is 1. The molecule has 1 amide bonds. The van der Waals surface area contributed by atoms with Crippen LogP contribution in [0.25, 0.3) is 0 Å². The van der Waals surface area contributed by atoms with Crippen LogP contribution < -0.4 is 0 Å². The lowest BCUT2D eigenvalue weighted by Crippen LogP contribution is -2.29. The summed E-state index contributed by atoms with van der Waals surface area (Å²) in [5, 5.41) is 0. The summed E-state index contributed by atoms with van der Waals surface area (Å²) in [4.78, 5) is 16.6. The van der Waals surface area contributed by atoms with Crippen molar-refractivity contribution in [1.29, 1.82) is 0 Å². The van der Waals surface area contributed by atoms with E-state index in [-0.39, 0.29) is 5.91 Å². The Bertz CT molecular complexity index is 335. The van der Waals surface area contributed by atoms with E-state index in [1.807, 2.05) is 13.1 Å². The molecule has 0 spiro atoms. The van der Waals surface area contributed by atoms with E-state index in [2.05, 4.69) is 4.90 Å². The summed E-state index contributed by atoms with van der Waals surface area (Å²) in [5.74, 6) is 0.0723. The summed E-state index contributed by atoms with van der Waals surface area (Å²) in [6.45, 7) is 4.75. The quantitative estimate of drug-likeness (QED) is 0.558. The molecule has 0 radical (unpaired) electrons. The average molecular weight is 256 g/mol. The Labute approximate surface area is 106 Å². The van der Waals surface area contributed by atoms with Gasteiger partial charge in [0.05, 0.1) is 4.91 Å². The van der Waals surface area contributed by atoms with Crippen molar-refractivity contribution in [2.24, 2.45) is 0 Å². The fourth-order valence-electron chi connectivity index (χ4n) is 1.98. The van der Waals surface area contributed by atoms with Crippen molar-refractivity contribution in [3.8, 4) is 0 Å². The van der Waals surface area contributed by atoms with Crippen molar-refractivity contribution in [3.05, 3.63) is 11.1 Å². The van der Waals surface area contributed by atoms with E-state index in [0.29, 0.717) is 10.9 Å². The van der Waals surface area contributed by atoms with Gasteiger partial charge in [0.1, 0.15) is 4.32 Å². The van der Waals surface area contributed by atoms with Gasteiger partial charge in [-0.05, 0) is 26.2 Å². The minimum absolute atomic E-state index is 0.0723. The molecule has 0 N–H and O–H groups in total. The molecule has 0 aromatic heterocycles. The number of nitrogens with zero attached hydrogens (tertiary/aromatic N) is 2. The standard InChI is InChI=1S/C11H16N2OS2/c1-2-13-10(14)9(16-11(13)15)8-12-6-4-3-5-7-12/h8H,2-7H2,1H3/b9-8+. The third-order valence-electron chi connectivity index (χ3n) is 2.88. The predicted molar refractivity (Wildman–Crippen MR) is 71.1 cm³/mol. The molecule has 2 saturated heterocycles. The Morgan fingerprint density at radius 2 is 2.06 bits per heavy atom. The van der Waals surface area contributed by atoms with Crippen LogP contribution in [0.15, 0.2) is 11.1 Å². The molecule has 2 aliphatic rings. The molecule has 0 aromatic carbocycles. The van der Waals surface area contributed by atoms with Gasteiger partial charge in [-0.1, -0.05) is 24.0 Å².